The quantitative estimate of drug-likeness (QED) is 0.745. The zero-order chi connectivity index (χ0) is 13.6. The maximum Gasteiger partial charge on any atom is 0.224 e. The lowest BCUT2D eigenvalue weighted by molar-refractivity contribution is -0.126. The Morgan fingerprint density at radius 3 is 3.00 bits per heavy atom. The normalized spacial score (nSPS) is 24.0. The molecule has 3 N–H and O–H groups in total. The number of carbonyl (C=O) groups excluding carboxylic acids is 1. The van der Waals surface area contributed by atoms with Crippen molar-refractivity contribution in [3.63, 3.8) is 0 Å². The van der Waals surface area contributed by atoms with Gasteiger partial charge in [-0.3, -0.25) is 4.79 Å². The van der Waals surface area contributed by atoms with Crippen LogP contribution in [0.2, 0.25) is 0 Å². The molecule has 1 saturated heterocycles. The smallest absolute Gasteiger partial charge is 0.224 e. The Hall–Kier alpha value is -1.12. The summed E-state index contributed by atoms with van der Waals surface area (Å²) in [5.74, 6) is 0.254. The minimum atomic E-state index is -0.726. The Balaban J connectivity index is 2.31. The summed E-state index contributed by atoms with van der Waals surface area (Å²) < 4.78 is 0. The van der Waals surface area contributed by atoms with E-state index < -0.39 is 5.54 Å². The van der Waals surface area contributed by atoms with E-state index >= 15 is 0 Å². The maximum atomic E-state index is 11.6. The molecule has 0 bridgehead atoms. The van der Waals surface area contributed by atoms with Crippen LogP contribution in [0.5, 0.6) is 0 Å². The molecule has 0 radical (unpaired) electrons. The van der Waals surface area contributed by atoms with Gasteiger partial charge in [-0.25, -0.2) is 0 Å². The summed E-state index contributed by atoms with van der Waals surface area (Å²) in [7, 11) is 1.69. The van der Waals surface area contributed by atoms with Gasteiger partial charge in [0, 0.05) is 13.6 Å². The predicted molar refractivity (Wildman–Crippen MR) is 70.7 cm³/mol. The van der Waals surface area contributed by atoms with E-state index in [2.05, 4.69) is 16.3 Å². The van der Waals surface area contributed by atoms with Crippen molar-refractivity contribution in [3.8, 4) is 6.07 Å². The average molecular weight is 252 g/mol. The van der Waals surface area contributed by atoms with Gasteiger partial charge in [0.2, 0.25) is 5.91 Å². The molecule has 5 nitrogen and oxygen atoms in total. The second-order valence-electron chi connectivity index (χ2n) is 5.39. The second-order valence-corrected chi connectivity index (χ2v) is 5.39. The van der Waals surface area contributed by atoms with Crippen LogP contribution in [-0.4, -0.2) is 43.0 Å². The highest BCUT2D eigenvalue weighted by molar-refractivity contribution is 5.78. The van der Waals surface area contributed by atoms with E-state index in [0.717, 1.165) is 38.9 Å². The van der Waals surface area contributed by atoms with Crippen molar-refractivity contribution in [2.24, 2.45) is 11.7 Å². The monoisotopic (exact) mass is 252 g/mol. The molecule has 0 aliphatic carbocycles. The van der Waals surface area contributed by atoms with Crippen molar-refractivity contribution < 1.29 is 4.79 Å². The van der Waals surface area contributed by atoms with E-state index in [9.17, 15) is 4.79 Å². The first-order valence-electron chi connectivity index (χ1n) is 6.62. The van der Waals surface area contributed by atoms with Crippen LogP contribution in [0, 0.1) is 17.2 Å². The Labute approximate surface area is 109 Å². The highest BCUT2D eigenvalue weighted by atomic mass is 16.1. The first kappa shape index (κ1) is 14.9. The fourth-order valence-electron chi connectivity index (χ4n) is 2.40. The number of nitrogens with zero attached hydrogens (tertiary/aromatic N) is 2. The maximum absolute atomic E-state index is 11.6. The third kappa shape index (κ3) is 4.63. The van der Waals surface area contributed by atoms with Crippen molar-refractivity contribution in [2.45, 2.75) is 38.1 Å². The first-order chi connectivity index (χ1) is 8.48. The standard InChI is InChI=1S/C13H24N4O/c1-13(15,10-14)6-4-8-17-7-3-5-11(9-17)12(18)16-2/h11H,3-9,15H2,1-2H3,(H,16,18). The number of hydrogen-bond donors (Lipinski definition) is 2. The van der Waals surface area contributed by atoms with Gasteiger partial charge in [0.15, 0.2) is 0 Å². The van der Waals surface area contributed by atoms with Crippen LogP contribution in [-0.2, 0) is 4.79 Å². The first-order valence-corrected chi connectivity index (χ1v) is 6.62. The number of likely N-dealkylation sites (tertiary alicyclic amines) is 1. The summed E-state index contributed by atoms with van der Waals surface area (Å²) in [5, 5.41) is 11.6. The van der Waals surface area contributed by atoms with Gasteiger partial charge in [0.25, 0.3) is 0 Å². The average Bonchev–Trinajstić information content (AvgIpc) is 2.38. The number of piperidine rings is 1. The van der Waals surface area contributed by atoms with Crippen LogP contribution < -0.4 is 11.1 Å². The third-order valence-electron chi connectivity index (χ3n) is 3.55. The lowest BCUT2D eigenvalue weighted by atomic mass is 9.95. The molecular weight excluding hydrogens is 228 g/mol. The highest BCUT2D eigenvalue weighted by Gasteiger charge is 2.25. The molecule has 18 heavy (non-hydrogen) atoms. The molecule has 0 spiro atoms. The lowest BCUT2D eigenvalue weighted by Crippen LogP contribution is -2.43. The molecular formula is C13H24N4O. The third-order valence-corrected chi connectivity index (χ3v) is 3.55. The van der Waals surface area contributed by atoms with E-state index in [1.54, 1.807) is 14.0 Å². The number of amides is 1. The number of rotatable bonds is 5. The van der Waals surface area contributed by atoms with Crippen molar-refractivity contribution in [1.29, 1.82) is 5.26 Å². The van der Waals surface area contributed by atoms with Gasteiger partial charge in [0.05, 0.1) is 12.0 Å². The molecule has 0 aromatic heterocycles. The van der Waals surface area contributed by atoms with Crippen LogP contribution in [0.1, 0.15) is 32.6 Å². The van der Waals surface area contributed by atoms with Crippen LogP contribution in [0.4, 0.5) is 0 Å². The van der Waals surface area contributed by atoms with Crippen molar-refractivity contribution in [3.05, 3.63) is 0 Å². The zero-order valence-electron chi connectivity index (χ0n) is 11.4. The van der Waals surface area contributed by atoms with Gasteiger partial charge in [0.1, 0.15) is 5.54 Å². The molecule has 2 atom stereocenters. The number of nitrogens with two attached hydrogens (primary N) is 1. The molecule has 0 aromatic rings. The zero-order valence-corrected chi connectivity index (χ0v) is 11.4. The Bertz CT molecular complexity index is 321. The molecule has 1 aliphatic rings. The van der Waals surface area contributed by atoms with Crippen LogP contribution in [0.25, 0.3) is 0 Å². The number of hydrogen-bond acceptors (Lipinski definition) is 4. The van der Waals surface area contributed by atoms with Crippen LogP contribution >= 0.6 is 0 Å². The van der Waals surface area contributed by atoms with Crippen LogP contribution in [0.3, 0.4) is 0 Å². The molecule has 0 saturated carbocycles. The Morgan fingerprint density at radius 2 is 2.39 bits per heavy atom. The second kappa shape index (κ2) is 6.72. The van der Waals surface area contributed by atoms with Crippen molar-refractivity contribution in [1.82, 2.24) is 10.2 Å². The fourth-order valence-corrected chi connectivity index (χ4v) is 2.40. The molecule has 0 aromatic carbocycles. The molecule has 5 heteroatoms. The van der Waals surface area contributed by atoms with Gasteiger partial charge in [-0.15, -0.1) is 0 Å². The minimum Gasteiger partial charge on any atom is -0.359 e. The van der Waals surface area contributed by atoms with Crippen LogP contribution in [0.15, 0.2) is 0 Å². The topological polar surface area (TPSA) is 82.2 Å². The summed E-state index contributed by atoms with van der Waals surface area (Å²) in [4.78, 5) is 13.9. The molecule has 1 rings (SSSR count). The molecule has 2 unspecified atom stereocenters. The van der Waals surface area contributed by atoms with E-state index in [1.165, 1.54) is 0 Å². The molecule has 1 heterocycles. The molecule has 1 aliphatic heterocycles. The Morgan fingerprint density at radius 1 is 1.67 bits per heavy atom. The predicted octanol–water partition coefficient (Wildman–Crippen LogP) is 0.466. The largest absolute Gasteiger partial charge is 0.359 e. The summed E-state index contributed by atoms with van der Waals surface area (Å²) in [6.45, 7) is 4.55. The lowest BCUT2D eigenvalue weighted by Gasteiger charge is -2.32. The van der Waals surface area contributed by atoms with Crippen molar-refractivity contribution in [2.75, 3.05) is 26.7 Å². The number of carbonyl (C=O) groups is 1. The van der Waals surface area contributed by atoms with E-state index in [1.807, 2.05) is 0 Å². The van der Waals surface area contributed by atoms with Gasteiger partial charge in [-0.2, -0.15) is 5.26 Å². The highest BCUT2D eigenvalue weighted by Crippen LogP contribution is 2.17. The summed E-state index contributed by atoms with van der Waals surface area (Å²) in [6.07, 6.45) is 3.64. The van der Waals surface area contributed by atoms with E-state index in [4.69, 9.17) is 11.0 Å². The van der Waals surface area contributed by atoms with Crippen molar-refractivity contribution >= 4 is 5.91 Å². The number of nitrogens with one attached hydrogen (secondary N) is 1. The fraction of sp³-hybridized carbons (Fsp3) is 0.846. The van der Waals surface area contributed by atoms with Gasteiger partial charge < -0.3 is 16.0 Å². The molecule has 102 valence electrons. The van der Waals surface area contributed by atoms with E-state index in [-0.39, 0.29) is 11.8 Å². The minimum absolute atomic E-state index is 0.115. The summed E-state index contributed by atoms with van der Waals surface area (Å²) >= 11 is 0. The molecule has 1 fully saturated rings. The Kier molecular flexibility index (Phi) is 5.57. The summed E-state index contributed by atoms with van der Waals surface area (Å²) in [5.41, 5.74) is 5.06. The van der Waals surface area contributed by atoms with Gasteiger partial charge in [-0.05, 0) is 45.7 Å². The van der Waals surface area contributed by atoms with Gasteiger partial charge >= 0.3 is 0 Å². The molecule has 1 amide bonds. The van der Waals surface area contributed by atoms with Gasteiger partial charge in [-0.1, -0.05) is 0 Å². The van der Waals surface area contributed by atoms with E-state index in [0.29, 0.717) is 6.42 Å². The SMILES string of the molecule is CNC(=O)C1CCCN(CCCC(C)(N)C#N)C1. The summed E-state index contributed by atoms with van der Waals surface area (Å²) in [6, 6.07) is 2.11. The number of nitriles is 1.